The summed E-state index contributed by atoms with van der Waals surface area (Å²) < 4.78 is 0. The van der Waals surface area contributed by atoms with Gasteiger partial charge in [-0.15, -0.1) is 0 Å². The zero-order chi connectivity index (χ0) is 40.8. The number of fused-ring (bicyclic) bond motifs is 16. The molecule has 0 unspecified atom stereocenters. The molecule has 0 bridgehead atoms. The van der Waals surface area contributed by atoms with Gasteiger partial charge in [0.1, 0.15) is 0 Å². The van der Waals surface area contributed by atoms with Crippen molar-refractivity contribution in [3.63, 3.8) is 0 Å². The highest BCUT2D eigenvalue weighted by Gasteiger charge is 2.51. The summed E-state index contributed by atoms with van der Waals surface area (Å²) >= 11 is 0. The summed E-state index contributed by atoms with van der Waals surface area (Å²) in [6.07, 6.45) is 0. The molecular formula is C61H39N. The van der Waals surface area contributed by atoms with Gasteiger partial charge >= 0.3 is 0 Å². The van der Waals surface area contributed by atoms with Gasteiger partial charge in [-0.3, -0.25) is 0 Å². The van der Waals surface area contributed by atoms with E-state index in [4.69, 9.17) is 0 Å². The number of hydrogen-bond donors (Lipinski definition) is 0. The van der Waals surface area contributed by atoms with Crippen LogP contribution in [0.2, 0.25) is 0 Å². The van der Waals surface area contributed by atoms with Gasteiger partial charge in [-0.25, -0.2) is 0 Å². The molecule has 0 N–H and O–H groups in total. The molecule has 11 aromatic carbocycles. The SMILES string of the molecule is c1ccc(-c2ccc(N(c3ccc4c(c3)C3(c5ccccc5-c5ccccc53)c3ccccc3-4)c3cccc4c5ccccc5c5ccccc5c34)c(-c3ccccc3)c2)cc1. The van der Waals surface area contributed by atoms with Gasteiger partial charge in [-0.2, -0.15) is 0 Å². The molecule has 1 nitrogen and oxygen atoms in total. The summed E-state index contributed by atoms with van der Waals surface area (Å²) in [5.41, 5.74) is 18.2. The quantitative estimate of drug-likeness (QED) is 0.157. The van der Waals surface area contributed by atoms with Crippen molar-refractivity contribution in [1.29, 1.82) is 0 Å². The van der Waals surface area contributed by atoms with E-state index in [0.29, 0.717) is 0 Å². The van der Waals surface area contributed by atoms with Crippen LogP contribution in [0.5, 0.6) is 0 Å². The molecule has 0 aliphatic heterocycles. The average molecular weight is 786 g/mol. The summed E-state index contributed by atoms with van der Waals surface area (Å²) in [4.78, 5) is 2.56. The summed E-state index contributed by atoms with van der Waals surface area (Å²) in [7, 11) is 0. The van der Waals surface area contributed by atoms with E-state index in [2.05, 4.69) is 241 Å². The van der Waals surface area contributed by atoms with Crippen LogP contribution < -0.4 is 4.90 Å². The van der Waals surface area contributed by atoms with Gasteiger partial charge in [0.05, 0.1) is 16.8 Å². The smallest absolute Gasteiger partial charge is 0.0726 e. The van der Waals surface area contributed by atoms with Crippen molar-refractivity contribution in [3.05, 3.63) is 259 Å². The van der Waals surface area contributed by atoms with Crippen LogP contribution in [0, 0.1) is 0 Å². The van der Waals surface area contributed by atoms with Gasteiger partial charge in [0.2, 0.25) is 0 Å². The zero-order valence-corrected chi connectivity index (χ0v) is 34.0. The highest BCUT2D eigenvalue weighted by Crippen LogP contribution is 2.63. The molecule has 0 radical (unpaired) electrons. The van der Waals surface area contributed by atoms with Crippen LogP contribution in [0.1, 0.15) is 22.3 Å². The topological polar surface area (TPSA) is 3.24 Å². The number of benzene rings is 11. The third-order valence-corrected chi connectivity index (χ3v) is 13.7. The fraction of sp³-hybridized carbons (Fsp3) is 0.0164. The molecule has 1 heteroatoms. The van der Waals surface area contributed by atoms with Crippen LogP contribution in [0.25, 0.3) is 76.8 Å². The van der Waals surface area contributed by atoms with E-state index in [9.17, 15) is 0 Å². The molecule has 0 amide bonds. The maximum Gasteiger partial charge on any atom is 0.0726 e. The second-order valence-electron chi connectivity index (χ2n) is 16.7. The Kier molecular flexibility index (Phi) is 7.59. The molecule has 0 saturated carbocycles. The lowest BCUT2D eigenvalue weighted by Gasteiger charge is -2.33. The van der Waals surface area contributed by atoms with Crippen molar-refractivity contribution in [3.8, 4) is 44.5 Å². The lowest BCUT2D eigenvalue weighted by molar-refractivity contribution is 0.793. The lowest BCUT2D eigenvalue weighted by atomic mass is 9.70. The van der Waals surface area contributed by atoms with Crippen LogP contribution in [0.15, 0.2) is 237 Å². The Balaban J connectivity index is 1.16. The Morgan fingerprint density at radius 3 is 1.32 bits per heavy atom. The monoisotopic (exact) mass is 785 g/mol. The van der Waals surface area contributed by atoms with Crippen LogP contribution in [-0.2, 0) is 5.41 Å². The van der Waals surface area contributed by atoms with E-state index in [1.807, 2.05) is 0 Å². The van der Waals surface area contributed by atoms with Gasteiger partial charge in [0, 0.05) is 16.6 Å². The van der Waals surface area contributed by atoms with E-state index >= 15 is 0 Å². The fourth-order valence-corrected chi connectivity index (χ4v) is 11.1. The Labute approximate surface area is 361 Å². The first kappa shape index (κ1) is 34.8. The second-order valence-corrected chi connectivity index (χ2v) is 16.7. The van der Waals surface area contributed by atoms with E-state index in [1.165, 1.54) is 99.1 Å². The highest BCUT2D eigenvalue weighted by atomic mass is 15.1. The molecule has 0 aromatic heterocycles. The molecule has 11 aromatic rings. The van der Waals surface area contributed by atoms with E-state index in [0.717, 1.165) is 17.1 Å². The second kappa shape index (κ2) is 13.5. The third kappa shape index (κ3) is 4.85. The van der Waals surface area contributed by atoms with E-state index < -0.39 is 5.41 Å². The molecule has 0 fully saturated rings. The summed E-state index contributed by atoms with van der Waals surface area (Å²) in [5, 5.41) is 7.51. The number of rotatable bonds is 5. The largest absolute Gasteiger partial charge is 0.309 e. The van der Waals surface area contributed by atoms with Gasteiger partial charge in [-0.05, 0) is 118 Å². The van der Waals surface area contributed by atoms with E-state index in [1.54, 1.807) is 0 Å². The summed E-state index contributed by atoms with van der Waals surface area (Å²) in [6, 6.07) is 88.0. The van der Waals surface area contributed by atoms with Crippen molar-refractivity contribution >= 4 is 49.4 Å². The normalized spacial score (nSPS) is 13.0. The van der Waals surface area contributed by atoms with Crippen molar-refractivity contribution in [2.75, 3.05) is 4.90 Å². The molecule has 13 rings (SSSR count). The minimum atomic E-state index is -0.470. The van der Waals surface area contributed by atoms with Crippen LogP contribution >= 0.6 is 0 Å². The maximum absolute atomic E-state index is 2.56. The van der Waals surface area contributed by atoms with Crippen LogP contribution in [-0.4, -0.2) is 0 Å². The number of nitrogens with zero attached hydrogens (tertiary/aromatic N) is 1. The van der Waals surface area contributed by atoms with Crippen molar-refractivity contribution < 1.29 is 0 Å². The lowest BCUT2D eigenvalue weighted by Crippen LogP contribution is -2.26. The van der Waals surface area contributed by atoms with Crippen molar-refractivity contribution in [2.45, 2.75) is 5.41 Å². The molecule has 0 atom stereocenters. The standard InChI is InChI=1S/C61H39N/c1-3-18-40(19-4-1)42-34-37-58(53(38-42)41-20-5-2-6-21-41)62(59-33-17-29-52-46-23-8-7-22-44(46)45-24-9-10-28-51(45)60(52)59)43-35-36-50-49-27-13-16-32-56(49)61(57(50)39-43)54-30-14-11-25-47(54)48-26-12-15-31-55(48)61/h1-39H. The predicted molar refractivity (Wildman–Crippen MR) is 261 cm³/mol. The highest BCUT2D eigenvalue weighted by molar-refractivity contribution is 6.29. The van der Waals surface area contributed by atoms with Gasteiger partial charge < -0.3 is 4.90 Å². The molecule has 2 aliphatic carbocycles. The fourth-order valence-electron chi connectivity index (χ4n) is 11.1. The first-order valence-corrected chi connectivity index (χ1v) is 21.6. The van der Waals surface area contributed by atoms with Gasteiger partial charge in [0.25, 0.3) is 0 Å². The predicted octanol–water partition coefficient (Wildman–Crippen LogP) is 16.3. The average Bonchev–Trinajstić information content (AvgIpc) is 3.82. The Bertz CT molecular complexity index is 3470. The molecule has 1 spiro atoms. The molecular weight excluding hydrogens is 747 g/mol. The van der Waals surface area contributed by atoms with Gasteiger partial charge in [0.15, 0.2) is 0 Å². The molecule has 0 heterocycles. The zero-order valence-electron chi connectivity index (χ0n) is 34.0. The molecule has 288 valence electrons. The number of hydrogen-bond acceptors (Lipinski definition) is 1. The Hall–Kier alpha value is -8.00. The first-order chi connectivity index (χ1) is 30.8. The maximum atomic E-state index is 2.56. The Morgan fingerprint density at radius 2 is 0.726 bits per heavy atom. The van der Waals surface area contributed by atoms with Crippen molar-refractivity contribution in [1.82, 2.24) is 0 Å². The molecule has 2 aliphatic rings. The first-order valence-electron chi connectivity index (χ1n) is 21.6. The van der Waals surface area contributed by atoms with Crippen molar-refractivity contribution in [2.24, 2.45) is 0 Å². The Morgan fingerprint density at radius 1 is 0.258 bits per heavy atom. The molecule has 0 saturated heterocycles. The summed E-state index contributed by atoms with van der Waals surface area (Å²) in [6.45, 7) is 0. The minimum Gasteiger partial charge on any atom is -0.309 e. The molecule has 62 heavy (non-hydrogen) atoms. The van der Waals surface area contributed by atoms with E-state index in [-0.39, 0.29) is 0 Å². The third-order valence-electron chi connectivity index (χ3n) is 13.7. The van der Waals surface area contributed by atoms with Crippen LogP contribution in [0.3, 0.4) is 0 Å². The van der Waals surface area contributed by atoms with Gasteiger partial charge in [-0.1, -0.05) is 206 Å². The summed E-state index contributed by atoms with van der Waals surface area (Å²) in [5.74, 6) is 0. The van der Waals surface area contributed by atoms with Crippen LogP contribution in [0.4, 0.5) is 17.1 Å². The minimum absolute atomic E-state index is 0.470. The number of anilines is 3.